The van der Waals surface area contributed by atoms with E-state index in [4.69, 9.17) is 11.6 Å². The zero-order valence-electron chi connectivity index (χ0n) is 18.6. The van der Waals surface area contributed by atoms with Gasteiger partial charge < -0.3 is 5.32 Å². The highest BCUT2D eigenvalue weighted by Gasteiger charge is 2.23. The lowest BCUT2D eigenvalue weighted by Gasteiger charge is -2.16. The summed E-state index contributed by atoms with van der Waals surface area (Å²) in [4.78, 5) is 12.9. The second-order valence-electron chi connectivity index (χ2n) is 7.86. The second kappa shape index (κ2) is 10.2. The Morgan fingerprint density at radius 3 is 2.48 bits per heavy atom. The molecule has 2 aromatic carbocycles. The Balaban J connectivity index is 1.61. The number of nitrogens with one attached hydrogen (secondary N) is 1. The zero-order valence-corrected chi connectivity index (χ0v) is 20.2. The van der Waals surface area contributed by atoms with Crippen LogP contribution in [-0.4, -0.2) is 35.7 Å². The van der Waals surface area contributed by atoms with Crippen molar-refractivity contribution in [1.29, 1.82) is 0 Å². The molecule has 4 rings (SSSR count). The van der Waals surface area contributed by atoms with Gasteiger partial charge in [-0.3, -0.25) is 9.36 Å². The Bertz CT molecular complexity index is 1240. The average molecular weight is 481 g/mol. The first-order valence-corrected chi connectivity index (χ1v) is 11.9. The summed E-state index contributed by atoms with van der Waals surface area (Å²) in [5.74, 6) is 1.21. The topological polar surface area (TPSA) is 77.6 Å². The first kappa shape index (κ1) is 23.1. The number of carbonyl (C=O) groups excluding carboxylic acids is 1. The van der Waals surface area contributed by atoms with Gasteiger partial charge in [-0.25, -0.2) is 4.68 Å². The van der Waals surface area contributed by atoms with E-state index in [1.54, 1.807) is 16.9 Å². The minimum atomic E-state index is -0.404. The van der Waals surface area contributed by atoms with Crippen molar-refractivity contribution < 1.29 is 4.79 Å². The smallest absolute Gasteiger partial charge is 0.238 e. The molecule has 7 nitrogen and oxygen atoms in total. The molecule has 0 saturated carbocycles. The predicted octanol–water partition coefficient (Wildman–Crippen LogP) is 5.54. The molecule has 0 radical (unpaired) electrons. The molecule has 9 heteroatoms. The summed E-state index contributed by atoms with van der Waals surface area (Å²) in [6, 6.07) is 19.6. The minimum absolute atomic E-state index is 0.129. The molecule has 170 valence electrons. The number of amides is 1. The van der Waals surface area contributed by atoms with Crippen LogP contribution in [0.4, 0.5) is 5.82 Å². The maximum absolute atomic E-state index is 12.9. The molecular weight excluding hydrogens is 456 g/mol. The molecule has 2 aromatic heterocycles. The third kappa shape index (κ3) is 5.29. The summed E-state index contributed by atoms with van der Waals surface area (Å²) in [7, 11) is 0. The number of hydrogen-bond acceptors (Lipinski definition) is 5. The van der Waals surface area contributed by atoms with Crippen molar-refractivity contribution in [3.63, 3.8) is 0 Å². The molecule has 0 bridgehead atoms. The predicted molar refractivity (Wildman–Crippen MR) is 133 cm³/mol. The number of halogens is 1. The first-order chi connectivity index (χ1) is 15.9. The highest BCUT2D eigenvalue weighted by molar-refractivity contribution is 8.00. The fourth-order valence-electron chi connectivity index (χ4n) is 3.39. The molecule has 0 aliphatic rings. The van der Waals surface area contributed by atoms with Crippen molar-refractivity contribution in [3.05, 3.63) is 77.4 Å². The fourth-order valence-corrected chi connectivity index (χ4v) is 4.46. The summed E-state index contributed by atoms with van der Waals surface area (Å²) < 4.78 is 3.78. The highest BCUT2D eigenvalue weighted by atomic mass is 35.5. The van der Waals surface area contributed by atoms with E-state index >= 15 is 0 Å². The number of rotatable bonds is 8. The third-order valence-electron chi connectivity index (χ3n) is 5.08. The van der Waals surface area contributed by atoms with Crippen molar-refractivity contribution in [3.8, 4) is 11.4 Å². The van der Waals surface area contributed by atoms with Crippen molar-refractivity contribution in [1.82, 2.24) is 24.5 Å². The summed E-state index contributed by atoms with van der Waals surface area (Å²) in [6.07, 6.45) is 1.68. The number of aromatic nitrogens is 5. The van der Waals surface area contributed by atoms with Crippen LogP contribution in [0.25, 0.3) is 11.4 Å². The van der Waals surface area contributed by atoms with E-state index in [-0.39, 0.29) is 11.9 Å². The molecule has 1 N–H and O–H groups in total. The van der Waals surface area contributed by atoms with Crippen LogP contribution in [0.15, 0.2) is 72.0 Å². The second-order valence-corrected chi connectivity index (χ2v) is 9.58. The van der Waals surface area contributed by atoms with Crippen LogP contribution in [0, 0.1) is 0 Å². The molecule has 0 aliphatic heterocycles. The van der Waals surface area contributed by atoms with Crippen LogP contribution in [0.5, 0.6) is 0 Å². The van der Waals surface area contributed by atoms with E-state index in [0.717, 1.165) is 11.1 Å². The Morgan fingerprint density at radius 2 is 1.76 bits per heavy atom. The van der Waals surface area contributed by atoms with Gasteiger partial charge in [-0.1, -0.05) is 65.8 Å². The number of hydrogen-bond donors (Lipinski definition) is 1. The van der Waals surface area contributed by atoms with Gasteiger partial charge in [0.25, 0.3) is 0 Å². The molecule has 0 aliphatic carbocycles. The van der Waals surface area contributed by atoms with Gasteiger partial charge in [-0.05, 0) is 38.5 Å². The van der Waals surface area contributed by atoms with Crippen LogP contribution in [-0.2, 0) is 11.3 Å². The molecule has 0 saturated heterocycles. The van der Waals surface area contributed by atoms with E-state index in [0.29, 0.717) is 28.4 Å². The Labute approximate surface area is 202 Å². The quantitative estimate of drug-likeness (QED) is 0.335. The van der Waals surface area contributed by atoms with Crippen molar-refractivity contribution in [2.45, 2.75) is 43.8 Å². The van der Waals surface area contributed by atoms with Gasteiger partial charge in [0, 0.05) is 17.7 Å². The maximum atomic E-state index is 12.9. The molecule has 4 aromatic rings. The third-order valence-corrected chi connectivity index (χ3v) is 6.49. The molecule has 33 heavy (non-hydrogen) atoms. The van der Waals surface area contributed by atoms with Gasteiger partial charge in [0.05, 0.1) is 23.0 Å². The van der Waals surface area contributed by atoms with Gasteiger partial charge in [0.15, 0.2) is 11.0 Å². The number of benzene rings is 2. The Hall–Kier alpha value is -3.10. The van der Waals surface area contributed by atoms with Crippen molar-refractivity contribution >= 4 is 35.1 Å². The van der Waals surface area contributed by atoms with Gasteiger partial charge >= 0.3 is 0 Å². The van der Waals surface area contributed by atoms with Gasteiger partial charge in [0.2, 0.25) is 5.91 Å². The van der Waals surface area contributed by atoms with E-state index in [9.17, 15) is 4.79 Å². The Kier molecular flexibility index (Phi) is 7.15. The van der Waals surface area contributed by atoms with Crippen LogP contribution >= 0.6 is 23.4 Å². The summed E-state index contributed by atoms with van der Waals surface area (Å²) in [5.41, 5.74) is 1.90. The highest BCUT2D eigenvalue weighted by Crippen LogP contribution is 2.31. The maximum Gasteiger partial charge on any atom is 0.238 e. The Morgan fingerprint density at radius 1 is 1.03 bits per heavy atom. The van der Waals surface area contributed by atoms with E-state index in [1.807, 2.05) is 79.9 Å². The SMILES string of the molecule is CC(Sc1nnc(-c2ccccc2Cl)n1Cc1ccccc1)C(=O)Nc1ccnn1C(C)C. The molecule has 1 unspecified atom stereocenters. The number of nitrogens with zero attached hydrogens (tertiary/aromatic N) is 5. The van der Waals surface area contributed by atoms with E-state index in [2.05, 4.69) is 20.6 Å². The zero-order chi connectivity index (χ0) is 23.4. The average Bonchev–Trinajstić information content (AvgIpc) is 3.42. The van der Waals surface area contributed by atoms with E-state index in [1.165, 1.54) is 11.8 Å². The summed E-state index contributed by atoms with van der Waals surface area (Å²) in [5, 5.41) is 16.9. The summed E-state index contributed by atoms with van der Waals surface area (Å²) >= 11 is 7.82. The lowest BCUT2D eigenvalue weighted by molar-refractivity contribution is -0.115. The molecule has 0 fully saturated rings. The molecule has 2 heterocycles. The molecule has 1 amide bonds. The van der Waals surface area contributed by atoms with Crippen molar-refractivity contribution in [2.75, 3.05) is 5.32 Å². The van der Waals surface area contributed by atoms with Gasteiger partial charge in [-0.15, -0.1) is 10.2 Å². The van der Waals surface area contributed by atoms with Crippen LogP contribution in [0.2, 0.25) is 5.02 Å². The fraction of sp³-hybridized carbons (Fsp3) is 0.250. The number of carbonyl (C=O) groups is 1. The monoisotopic (exact) mass is 480 g/mol. The first-order valence-electron chi connectivity index (χ1n) is 10.7. The largest absolute Gasteiger partial charge is 0.310 e. The van der Waals surface area contributed by atoms with Gasteiger partial charge in [0.1, 0.15) is 5.82 Å². The number of thioether (sulfide) groups is 1. The van der Waals surface area contributed by atoms with E-state index < -0.39 is 5.25 Å². The standard InChI is InChI=1S/C24H25ClN6OS/c1-16(2)31-21(13-14-26-31)27-23(32)17(3)33-24-29-28-22(19-11-7-8-12-20(19)25)30(24)15-18-9-5-4-6-10-18/h4-14,16-17H,15H2,1-3H3,(H,27,32). The number of anilines is 1. The molecule has 0 spiro atoms. The van der Waals surface area contributed by atoms with Crippen LogP contribution in [0.3, 0.4) is 0 Å². The van der Waals surface area contributed by atoms with Crippen LogP contribution < -0.4 is 5.32 Å². The molecule has 1 atom stereocenters. The summed E-state index contributed by atoms with van der Waals surface area (Å²) in [6.45, 7) is 6.45. The lowest BCUT2D eigenvalue weighted by atomic mass is 10.2. The van der Waals surface area contributed by atoms with Crippen LogP contribution in [0.1, 0.15) is 32.4 Å². The van der Waals surface area contributed by atoms with Crippen molar-refractivity contribution in [2.24, 2.45) is 0 Å². The lowest BCUT2D eigenvalue weighted by Crippen LogP contribution is -2.25. The molecular formula is C24H25ClN6OS. The normalized spacial score (nSPS) is 12.2. The van der Waals surface area contributed by atoms with Gasteiger partial charge in [-0.2, -0.15) is 5.10 Å². The minimum Gasteiger partial charge on any atom is -0.310 e.